The zero-order valence-electron chi connectivity index (χ0n) is 12.3. The molecule has 3 N–H and O–H groups in total. The standard InChI is InChI=1S/C16H18N2O4/c1-10(19)17-9-13(20)14-15(21)12(18-16(14)22)8-7-11-5-3-2-4-6-11/h2-6,12,21H,7-9H2,1H3,(H,17,19)(H,18,22). The lowest BCUT2D eigenvalue weighted by molar-refractivity contribution is -0.124. The van der Waals surface area contributed by atoms with Gasteiger partial charge in [0.2, 0.25) is 5.91 Å². The lowest BCUT2D eigenvalue weighted by Gasteiger charge is -2.10. The summed E-state index contributed by atoms with van der Waals surface area (Å²) in [6, 6.07) is 9.10. The van der Waals surface area contributed by atoms with Crippen LogP contribution in [-0.2, 0) is 20.8 Å². The highest BCUT2D eigenvalue weighted by atomic mass is 16.3. The van der Waals surface area contributed by atoms with E-state index >= 15 is 0 Å². The van der Waals surface area contributed by atoms with Crippen molar-refractivity contribution in [3.63, 3.8) is 0 Å². The summed E-state index contributed by atoms with van der Waals surface area (Å²) in [4.78, 5) is 34.5. The van der Waals surface area contributed by atoms with Crippen LogP contribution in [0.15, 0.2) is 41.7 Å². The van der Waals surface area contributed by atoms with Crippen LogP contribution in [0.5, 0.6) is 0 Å². The Morgan fingerprint density at radius 3 is 2.59 bits per heavy atom. The molecule has 1 heterocycles. The van der Waals surface area contributed by atoms with Crippen LogP contribution in [0, 0.1) is 0 Å². The Morgan fingerprint density at radius 2 is 1.95 bits per heavy atom. The molecule has 1 unspecified atom stereocenters. The van der Waals surface area contributed by atoms with E-state index in [1.165, 1.54) is 6.92 Å². The van der Waals surface area contributed by atoms with Crippen LogP contribution in [0.3, 0.4) is 0 Å². The molecule has 0 bridgehead atoms. The van der Waals surface area contributed by atoms with E-state index in [1.54, 1.807) is 0 Å². The SMILES string of the molecule is CC(=O)NCC(=O)C1=C(O)C(CCc2ccccc2)NC1=O. The molecule has 0 saturated carbocycles. The lowest BCUT2D eigenvalue weighted by Crippen LogP contribution is -2.32. The third-order valence-electron chi connectivity index (χ3n) is 3.46. The minimum absolute atomic E-state index is 0.240. The van der Waals surface area contributed by atoms with Crippen LogP contribution in [0.4, 0.5) is 0 Å². The third-order valence-corrected chi connectivity index (χ3v) is 3.46. The van der Waals surface area contributed by atoms with Crippen LogP contribution >= 0.6 is 0 Å². The second-order valence-electron chi connectivity index (χ2n) is 5.14. The van der Waals surface area contributed by atoms with Gasteiger partial charge < -0.3 is 15.7 Å². The average Bonchev–Trinajstić information content (AvgIpc) is 2.78. The first kappa shape index (κ1) is 15.8. The third kappa shape index (κ3) is 3.72. The largest absolute Gasteiger partial charge is 0.509 e. The first-order chi connectivity index (χ1) is 10.5. The van der Waals surface area contributed by atoms with Crippen molar-refractivity contribution in [2.45, 2.75) is 25.8 Å². The molecule has 1 aliphatic heterocycles. The number of ketones is 1. The molecule has 1 atom stereocenters. The van der Waals surface area contributed by atoms with Gasteiger partial charge >= 0.3 is 0 Å². The van der Waals surface area contributed by atoms with Gasteiger partial charge in [-0.2, -0.15) is 0 Å². The normalized spacial score (nSPS) is 17.3. The maximum atomic E-state index is 11.9. The van der Waals surface area contributed by atoms with Gasteiger partial charge in [-0.05, 0) is 18.4 Å². The highest BCUT2D eigenvalue weighted by Crippen LogP contribution is 2.20. The van der Waals surface area contributed by atoms with Crippen molar-refractivity contribution < 1.29 is 19.5 Å². The molecule has 0 aromatic heterocycles. The number of Topliss-reactive ketones (excluding diaryl/α,β-unsaturated/α-hetero) is 1. The summed E-state index contributed by atoms with van der Waals surface area (Å²) in [5, 5.41) is 15.0. The van der Waals surface area contributed by atoms with Crippen molar-refractivity contribution in [2.24, 2.45) is 0 Å². The molecule has 0 radical (unpaired) electrons. The molecule has 1 aliphatic rings. The molecule has 0 fully saturated rings. The maximum absolute atomic E-state index is 11.9. The van der Waals surface area contributed by atoms with Crippen molar-refractivity contribution in [1.29, 1.82) is 0 Å². The molecule has 6 heteroatoms. The van der Waals surface area contributed by atoms with Gasteiger partial charge in [-0.25, -0.2) is 0 Å². The van der Waals surface area contributed by atoms with E-state index in [4.69, 9.17) is 0 Å². The van der Waals surface area contributed by atoms with E-state index in [1.807, 2.05) is 30.3 Å². The maximum Gasteiger partial charge on any atom is 0.259 e. The smallest absolute Gasteiger partial charge is 0.259 e. The molecule has 0 aliphatic carbocycles. The average molecular weight is 302 g/mol. The van der Waals surface area contributed by atoms with Gasteiger partial charge in [0.15, 0.2) is 5.78 Å². The van der Waals surface area contributed by atoms with E-state index in [-0.39, 0.29) is 23.8 Å². The number of amides is 2. The molecule has 22 heavy (non-hydrogen) atoms. The second-order valence-corrected chi connectivity index (χ2v) is 5.14. The van der Waals surface area contributed by atoms with Crippen LogP contribution in [0.2, 0.25) is 0 Å². The summed E-state index contributed by atoms with van der Waals surface area (Å²) in [6.07, 6.45) is 1.17. The fourth-order valence-corrected chi connectivity index (χ4v) is 2.32. The molecule has 1 aromatic rings. The van der Waals surface area contributed by atoms with E-state index in [2.05, 4.69) is 10.6 Å². The van der Waals surface area contributed by atoms with Gasteiger partial charge in [0.05, 0.1) is 12.6 Å². The summed E-state index contributed by atoms with van der Waals surface area (Å²) in [6.45, 7) is 0.979. The lowest BCUT2D eigenvalue weighted by atomic mass is 10.0. The molecule has 2 rings (SSSR count). The number of hydrogen-bond acceptors (Lipinski definition) is 4. The fourth-order valence-electron chi connectivity index (χ4n) is 2.32. The Morgan fingerprint density at radius 1 is 1.27 bits per heavy atom. The number of nitrogens with one attached hydrogen (secondary N) is 2. The molecule has 0 saturated heterocycles. The summed E-state index contributed by atoms with van der Waals surface area (Å²) in [5.74, 6) is -1.79. The van der Waals surface area contributed by atoms with E-state index in [0.29, 0.717) is 12.8 Å². The number of aliphatic hydroxyl groups excluding tert-OH is 1. The Labute approximate surface area is 128 Å². The minimum atomic E-state index is -0.592. The number of carbonyl (C=O) groups is 3. The highest BCUT2D eigenvalue weighted by Gasteiger charge is 2.35. The number of aryl methyl sites for hydroxylation is 1. The monoisotopic (exact) mass is 302 g/mol. The minimum Gasteiger partial charge on any atom is -0.509 e. The van der Waals surface area contributed by atoms with Gasteiger partial charge in [0, 0.05) is 6.92 Å². The molecule has 116 valence electrons. The molecule has 2 amide bonds. The van der Waals surface area contributed by atoms with Crippen molar-refractivity contribution in [1.82, 2.24) is 10.6 Å². The predicted octanol–water partition coefficient (Wildman–Crippen LogP) is 0.635. The van der Waals surface area contributed by atoms with Crippen molar-refractivity contribution in [3.05, 3.63) is 47.2 Å². The topological polar surface area (TPSA) is 95.5 Å². The first-order valence-electron chi connectivity index (χ1n) is 7.04. The molecule has 6 nitrogen and oxygen atoms in total. The molecule has 0 spiro atoms. The van der Waals surface area contributed by atoms with Gasteiger partial charge in [0.25, 0.3) is 5.91 Å². The van der Waals surface area contributed by atoms with E-state index < -0.39 is 17.7 Å². The van der Waals surface area contributed by atoms with E-state index in [0.717, 1.165) is 5.56 Å². The van der Waals surface area contributed by atoms with Crippen LogP contribution < -0.4 is 10.6 Å². The summed E-state index contributed by atoms with van der Waals surface area (Å²) >= 11 is 0. The number of benzene rings is 1. The van der Waals surface area contributed by atoms with Crippen LogP contribution in [0.25, 0.3) is 0 Å². The Bertz CT molecular complexity index is 622. The van der Waals surface area contributed by atoms with Crippen molar-refractivity contribution in [3.8, 4) is 0 Å². The molecular weight excluding hydrogens is 284 g/mol. The molecular formula is C16H18N2O4. The Balaban J connectivity index is 2.01. The first-order valence-corrected chi connectivity index (χ1v) is 7.04. The van der Waals surface area contributed by atoms with Gasteiger partial charge in [-0.3, -0.25) is 14.4 Å². The summed E-state index contributed by atoms with van der Waals surface area (Å²) < 4.78 is 0. The van der Waals surface area contributed by atoms with Crippen LogP contribution in [0.1, 0.15) is 18.9 Å². The Hall–Kier alpha value is -2.63. The Kier molecular flexibility index (Phi) is 4.93. The number of hydrogen-bond donors (Lipinski definition) is 3. The second kappa shape index (κ2) is 6.89. The summed E-state index contributed by atoms with van der Waals surface area (Å²) in [5.41, 5.74) is 0.828. The predicted molar refractivity (Wildman–Crippen MR) is 80.0 cm³/mol. The van der Waals surface area contributed by atoms with E-state index in [9.17, 15) is 19.5 Å². The molecule has 1 aromatic carbocycles. The highest BCUT2D eigenvalue weighted by molar-refractivity contribution is 6.22. The number of aliphatic hydroxyl groups is 1. The van der Waals surface area contributed by atoms with Crippen molar-refractivity contribution >= 4 is 17.6 Å². The van der Waals surface area contributed by atoms with Gasteiger partial charge in [-0.1, -0.05) is 30.3 Å². The summed E-state index contributed by atoms with van der Waals surface area (Å²) in [7, 11) is 0. The number of rotatable bonds is 6. The van der Waals surface area contributed by atoms with Gasteiger partial charge in [-0.15, -0.1) is 0 Å². The quantitative estimate of drug-likeness (QED) is 0.672. The van der Waals surface area contributed by atoms with Gasteiger partial charge in [0.1, 0.15) is 11.3 Å². The van der Waals surface area contributed by atoms with Crippen LogP contribution in [-0.4, -0.2) is 35.3 Å². The fraction of sp³-hybridized carbons (Fsp3) is 0.312. The number of carbonyl (C=O) groups excluding carboxylic acids is 3. The zero-order chi connectivity index (χ0) is 16.1. The van der Waals surface area contributed by atoms with Crippen molar-refractivity contribution in [2.75, 3.05) is 6.54 Å². The zero-order valence-corrected chi connectivity index (χ0v) is 12.3.